The quantitative estimate of drug-likeness (QED) is 0.708. The van der Waals surface area contributed by atoms with Crippen molar-refractivity contribution in [3.8, 4) is 0 Å². The van der Waals surface area contributed by atoms with Crippen molar-refractivity contribution in [3.05, 3.63) is 93.7 Å². The second-order valence-electron chi connectivity index (χ2n) is 8.38. The number of rotatable bonds is 4. The summed E-state index contributed by atoms with van der Waals surface area (Å²) in [6, 6.07) is 12.4. The van der Waals surface area contributed by atoms with E-state index in [2.05, 4.69) is 41.1 Å². The zero-order valence-electron chi connectivity index (χ0n) is 18.3. The maximum atomic E-state index is 11.9. The van der Waals surface area contributed by atoms with Crippen LogP contribution < -0.4 is 5.32 Å². The molecule has 0 atom stereocenters. The van der Waals surface area contributed by atoms with Gasteiger partial charge in [0.25, 0.3) is 0 Å². The molecule has 2 aliphatic heterocycles. The molecule has 1 N–H and O–H groups in total. The number of nitrogens with zero attached hydrogens (tertiary/aromatic N) is 3. The first-order valence-corrected chi connectivity index (χ1v) is 11.1. The van der Waals surface area contributed by atoms with Gasteiger partial charge >= 0.3 is 0 Å². The highest BCUT2D eigenvalue weighted by atomic mass is 35.5. The molecule has 0 fully saturated rings. The van der Waals surface area contributed by atoms with Gasteiger partial charge < -0.3 is 15.1 Å². The summed E-state index contributed by atoms with van der Waals surface area (Å²) in [6.45, 7) is 8.10. The first-order valence-electron chi connectivity index (χ1n) is 10.7. The minimum Gasteiger partial charge on any atom is -0.381 e. The number of aliphatic imine (C=N–C) groups is 1. The van der Waals surface area contributed by atoms with Gasteiger partial charge in [0.2, 0.25) is 5.96 Å². The average Bonchev–Trinajstić information content (AvgIpc) is 3.41. The fourth-order valence-electron chi connectivity index (χ4n) is 4.58. The summed E-state index contributed by atoms with van der Waals surface area (Å²) >= 11 is 6.47. The number of ketones is 1. The Bertz CT molecular complexity index is 1220. The van der Waals surface area contributed by atoms with Crippen molar-refractivity contribution in [3.63, 3.8) is 0 Å². The lowest BCUT2D eigenvalue weighted by atomic mass is 10.0. The van der Waals surface area contributed by atoms with Gasteiger partial charge in [0, 0.05) is 54.2 Å². The number of Topliss-reactive ketones (excluding diaryl/α,β-unsaturated/α-hetero) is 1. The number of hydrogen-bond donors (Lipinski definition) is 1. The van der Waals surface area contributed by atoms with Crippen molar-refractivity contribution in [2.75, 3.05) is 7.05 Å². The highest BCUT2D eigenvalue weighted by Crippen LogP contribution is 2.39. The molecular formula is C26H25ClN4O. The van der Waals surface area contributed by atoms with Crippen LogP contribution in [-0.2, 0) is 24.4 Å². The van der Waals surface area contributed by atoms with Crippen molar-refractivity contribution in [1.82, 2.24) is 15.1 Å². The smallest absolute Gasteiger partial charge is 0.206 e. The number of halogens is 1. The summed E-state index contributed by atoms with van der Waals surface area (Å²) in [7, 11) is 2.00. The Hall–Kier alpha value is -3.31. The SMILES string of the molecule is C=C1c2cc(Cl)cc(CNC3=CCC=C3C(C)=O)c2N=C(N2Cc3ccccc3C2)N1C. The summed E-state index contributed by atoms with van der Waals surface area (Å²) in [6.07, 6.45) is 4.76. The van der Waals surface area contributed by atoms with Crippen molar-refractivity contribution >= 4 is 34.7 Å². The Balaban J connectivity index is 1.48. The number of guanidine groups is 1. The molecule has 6 heteroatoms. The third kappa shape index (κ3) is 3.53. The van der Waals surface area contributed by atoms with Gasteiger partial charge in [0.1, 0.15) is 0 Å². The predicted octanol–water partition coefficient (Wildman–Crippen LogP) is 5.15. The number of fused-ring (bicyclic) bond motifs is 2. The van der Waals surface area contributed by atoms with Crippen molar-refractivity contribution in [2.24, 2.45) is 4.99 Å². The molecule has 2 heterocycles. The van der Waals surface area contributed by atoms with Crippen LogP contribution in [0, 0.1) is 0 Å². The Morgan fingerprint density at radius 3 is 2.59 bits per heavy atom. The van der Waals surface area contributed by atoms with Crippen LogP contribution in [0.4, 0.5) is 5.69 Å². The van der Waals surface area contributed by atoms with E-state index in [1.54, 1.807) is 6.92 Å². The first kappa shape index (κ1) is 20.6. The van der Waals surface area contributed by atoms with Crippen LogP contribution >= 0.6 is 11.6 Å². The van der Waals surface area contributed by atoms with Crippen LogP contribution in [0.2, 0.25) is 5.02 Å². The second-order valence-corrected chi connectivity index (χ2v) is 8.82. The summed E-state index contributed by atoms with van der Waals surface area (Å²) in [5.41, 5.74) is 7.93. The van der Waals surface area contributed by atoms with E-state index in [1.807, 2.05) is 36.2 Å². The number of benzene rings is 2. The molecule has 0 amide bonds. The number of carbonyl (C=O) groups is 1. The van der Waals surface area contributed by atoms with Crippen LogP contribution in [0.25, 0.3) is 5.70 Å². The van der Waals surface area contributed by atoms with Crippen molar-refractivity contribution in [1.29, 1.82) is 0 Å². The fraction of sp³-hybridized carbons (Fsp3) is 0.231. The van der Waals surface area contributed by atoms with E-state index in [-0.39, 0.29) is 5.78 Å². The van der Waals surface area contributed by atoms with E-state index in [4.69, 9.17) is 16.6 Å². The van der Waals surface area contributed by atoms with Crippen LogP contribution in [0.15, 0.2) is 71.4 Å². The first-order chi connectivity index (χ1) is 15.4. The largest absolute Gasteiger partial charge is 0.381 e. The zero-order valence-corrected chi connectivity index (χ0v) is 19.0. The lowest BCUT2D eigenvalue weighted by Gasteiger charge is -2.34. The summed E-state index contributed by atoms with van der Waals surface area (Å²) in [4.78, 5) is 21.3. The number of allylic oxidation sites excluding steroid dienone is 3. The summed E-state index contributed by atoms with van der Waals surface area (Å²) in [5.74, 6) is 0.949. The van der Waals surface area contributed by atoms with Crippen LogP contribution in [-0.4, -0.2) is 28.6 Å². The maximum Gasteiger partial charge on any atom is 0.206 e. The van der Waals surface area contributed by atoms with Crippen molar-refractivity contribution < 1.29 is 4.79 Å². The molecule has 0 unspecified atom stereocenters. The lowest BCUT2D eigenvalue weighted by Crippen LogP contribution is -2.40. The van der Waals surface area contributed by atoms with E-state index in [9.17, 15) is 4.79 Å². The van der Waals surface area contributed by atoms with Crippen LogP contribution in [0.1, 0.15) is 35.6 Å². The summed E-state index contributed by atoms with van der Waals surface area (Å²) in [5, 5.41) is 4.06. The molecule has 162 valence electrons. The molecule has 0 spiro atoms. The van der Waals surface area contributed by atoms with Crippen LogP contribution in [0.5, 0.6) is 0 Å². The highest BCUT2D eigenvalue weighted by Gasteiger charge is 2.30. The van der Waals surface area contributed by atoms with Gasteiger partial charge in [-0.1, -0.05) is 54.6 Å². The molecule has 0 saturated heterocycles. The van der Waals surface area contributed by atoms with Gasteiger partial charge in [-0.25, -0.2) is 4.99 Å². The molecule has 5 nitrogen and oxygen atoms in total. The van der Waals surface area contributed by atoms with E-state index < -0.39 is 0 Å². The molecule has 2 aromatic carbocycles. The van der Waals surface area contributed by atoms with Crippen molar-refractivity contribution in [2.45, 2.75) is 33.0 Å². The predicted molar refractivity (Wildman–Crippen MR) is 129 cm³/mol. The molecular weight excluding hydrogens is 420 g/mol. The van der Waals surface area contributed by atoms with E-state index in [1.165, 1.54) is 11.1 Å². The van der Waals surface area contributed by atoms with Gasteiger partial charge in [0.15, 0.2) is 5.78 Å². The molecule has 3 aliphatic rings. The van der Waals surface area contributed by atoms with Crippen LogP contribution in [0.3, 0.4) is 0 Å². The second kappa shape index (κ2) is 7.99. The molecule has 0 saturated carbocycles. The number of nitrogens with one attached hydrogen (secondary N) is 1. The Morgan fingerprint density at radius 2 is 1.91 bits per heavy atom. The minimum atomic E-state index is 0.0679. The Labute approximate surface area is 193 Å². The maximum absolute atomic E-state index is 11.9. The van der Waals surface area contributed by atoms with E-state index in [0.717, 1.165) is 59.3 Å². The number of carbonyl (C=O) groups excluding carboxylic acids is 1. The van der Waals surface area contributed by atoms with Gasteiger partial charge in [-0.05, 0) is 42.2 Å². The Kier molecular flexibility index (Phi) is 5.14. The van der Waals surface area contributed by atoms with Gasteiger partial charge in [-0.2, -0.15) is 0 Å². The monoisotopic (exact) mass is 444 g/mol. The molecule has 0 radical (unpaired) electrons. The fourth-order valence-corrected chi connectivity index (χ4v) is 4.82. The van der Waals surface area contributed by atoms with E-state index >= 15 is 0 Å². The van der Waals surface area contributed by atoms with Gasteiger partial charge in [-0.15, -0.1) is 0 Å². The minimum absolute atomic E-state index is 0.0679. The molecule has 1 aliphatic carbocycles. The molecule has 32 heavy (non-hydrogen) atoms. The standard InChI is InChI=1S/C26H25ClN4O/c1-16-23-12-21(27)11-20(13-28-24-10-6-9-22(24)17(2)32)25(23)29-26(30(16)3)31-14-18-7-4-5-8-19(18)15-31/h4-5,7-12,28H,1,6,13-15H2,2-3H3. The number of hydrogen-bond acceptors (Lipinski definition) is 5. The lowest BCUT2D eigenvalue weighted by molar-refractivity contribution is -0.113. The summed E-state index contributed by atoms with van der Waals surface area (Å²) < 4.78 is 0. The Morgan fingerprint density at radius 1 is 1.19 bits per heavy atom. The molecule has 0 bridgehead atoms. The normalized spacial score (nSPS) is 17.0. The third-order valence-corrected chi connectivity index (χ3v) is 6.51. The average molecular weight is 445 g/mol. The van der Waals surface area contributed by atoms with E-state index in [0.29, 0.717) is 11.6 Å². The highest BCUT2D eigenvalue weighted by molar-refractivity contribution is 6.31. The molecule has 0 aromatic heterocycles. The molecule has 5 rings (SSSR count). The van der Waals surface area contributed by atoms with Gasteiger partial charge in [-0.3, -0.25) is 4.79 Å². The van der Waals surface area contributed by atoms with Gasteiger partial charge in [0.05, 0.1) is 5.69 Å². The molecule has 2 aromatic rings. The third-order valence-electron chi connectivity index (χ3n) is 6.29. The zero-order chi connectivity index (χ0) is 22.4. The topological polar surface area (TPSA) is 47.9 Å².